The van der Waals surface area contributed by atoms with Gasteiger partial charge in [-0.25, -0.2) is 8.42 Å². The Labute approximate surface area is 107 Å². The quantitative estimate of drug-likeness (QED) is 0.708. The van der Waals surface area contributed by atoms with Gasteiger partial charge < -0.3 is 15.5 Å². The Hall–Kier alpha value is -1.11. The third kappa shape index (κ3) is 3.69. The molecule has 1 atom stereocenters. The number of sulfone groups is 1. The molecule has 5 nitrogen and oxygen atoms in total. The van der Waals surface area contributed by atoms with Gasteiger partial charge in [0, 0.05) is 12.2 Å². The second kappa shape index (κ2) is 6.17. The molecule has 0 heterocycles. The van der Waals surface area contributed by atoms with Crippen LogP contribution in [0.5, 0.6) is 0 Å². The van der Waals surface area contributed by atoms with Gasteiger partial charge in [-0.3, -0.25) is 0 Å². The lowest BCUT2D eigenvalue weighted by Crippen LogP contribution is -2.22. The van der Waals surface area contributed by atoms with Gasteiger partial charge in [0.25, 0.3) is 0 Å². The van der Waals surface area contributed by atoms with E-state index in [1.54, 1.807) is 26.0 Å². The highest BCUT2D eigenvalue weighted by molar-refractivity contribution is 7.92. The molecule has 0 radical (unpaired) electrons. The van der Waals surface area contributed by atoms with Crippen LogP contribution in [0.3, 0.4) is 0 Å². The maximum atomic E-state index is 11.9. The van der Waals surface area contributed by atoms with Crippen LogP contribution in [0, 0.1) is 0 Å². The summed E-state index contributed by atoms with van der Waals surface area (Å²) in [6.07, 6.45) is -0.830. The van der Waals surface area contributed by atoms with Crippen molar-refractivity contribution in [1.82, 2.24) is 0 Å². The molecule has 0 aliphatic carbocycles. The van der Waals surface area contributed by atoms with E-state index in [0.29, 0.717) is 5.69 Å². The zero-order valence-electron chi connectivity index (χ0n) is 10.5. The van der Waals surface area contributed by atoms with Gasteiger partial charge >= 0.3 is 0 Å². The summed E-state index contributed by atoms with van der Waals surface area (Å²) in [6.45, 7) is 3.18. The van der Waals surface area contributed by atoms with Crippen molar-refractivity contribution in [2.24, 2.45) is 0 Å². The fourth-order valence-corrected chi connectivity index (χ4v) is 2.39. The van der Waals surface area contributed by atoms with E-state index in [0.717, 1.165) is 0 Å². The van der Waals surface area contributed by atoms with E-state index in [9.17, 15) is 8.42 Å². The lowest BCUT2D eigenvalue weighted by atomic mass is 10.3. The van der Waals surface area contributed by atoms with E-state index >= 15 is 0 Å². The molecule has 1 aromatic rings. The summed E-state index contributed by atoms with van der Waals surface area (Å²) >= 11 is 0. The number of benzene rings is 1. The standard InChI is InChI=1S/C12H19NO4S/c1-9(2)18(16,17)12-5-3-10(4-6-12)13-7-11(15)8-14/h3-6,9,11,13-15H,7-8H2,1-2H3. The molecule has 3 N–H and O–H groups in total. The van der Waals surface area contributed by atoms with Gasteiger partial charge in [-0.1, -0.05) is 0 Å². The smallest absolute Gasteiger partial charge is 0.180 e. The summed E-state index contributed by atoms with van der Waals surface area (Å²) in [6, 6.07) is 6.34. The first kappa shape index (κ1) is 14.9. The molecule has 0 saturated heterocycles. The summed E-state index contributed by atoms with van der Waals surface area (Å²) in [5.74, 6) is 0. The highest BCUT2D eigenvalue weighted by Crippen LogP contribution is 2.18. The monoisotopic (exact) mass is 273 g/mol. The first-order chi connectivity index (χ1) is 8.37. The van der Waals surface area contributed by atoms with Crippen molar-refractivity contribution in [3.8, 4) is 0 Å². The Balaban J connectivity index is 2.75. The first-order valence-corrected chi connectivity index (χ1v) is 7.29. The second-order valence-corrected chi connectivity index (χ2v) is 6.84. The highest BCUT2D eigenvalue weighted by Gasteiger charge is 2.18. The molecule has 0 fully saturated rings. The number of aliphatic hydroxyl groups excluding tert-OH is 2. The van der Waals surface area contributed by atoms with Gasteiger partial charge in [0.05, 0.1) is 22.9 Å². The van der Waals surface area contributed by atoms with Crippen molar-refractivity contribution in [2.75, 3.05) is 18.5 Å². The van der Waals surface area contributed by atoms with Crippen molar-refractivity contribution in [2.45, 2.75) is 30.1 Å². The van der Waals surface area contributed by atoms with Gasteiger partial charge in [-0.05, 0) is 38.1 Å². The minimum Gasteiger partial charge on any atom is -0.394 e. The average molecular weight is 273 g/mol. The molecule has 6 heteroatoms. The fourth-order valence-electron chi connectivity index (χ4n) is 1.33. The molecule has 0 aliphatic heterocycles. The maximum Gasteiger partial charge on any atom is 0.180 e. The Kier molecular flexibility index (Phi) is 5.13. The number of anilines is 1. The molecule has 0 amide bonds. The number of rotatable bonds is 6. The molecule has 18 heavy (non-hydrogen) atoms. The van der Waals surface area contributed by atoms with Crippen LogP contribution in [0.1, 0.15) is 13.8 Å². The normalized spacial score (nSPS) is 13.6. The Morgan fingerprint density at radius 1 is 1.22 bits per heavy atom. The van der Waals surface area contributed by atoms with E-state index < -0.39 is 21.2 Å². The average Bonchev–Trinajstić information content (AvgIpc) is 2.36. The summed E-state index contributed by atoms with van der Waals surface area (Å²) in [5.41, 5.74) is 0.699. The first-order valence-electron chi connectivity index (χ1n) is 5.74. The lowest BCUT2D eigenvalue weighted by molar-refractivity contribution is 0.105. The summed E-state index contributed by atoms with van der Waals surface area (Å²) in [7, 11) is -3.25. The third-order valence-corrected chi connectivity index (χ3v) is 4.73. The van der Waals surface area contributed by atoms with Gasteiger partial charge in [-0.15, -0.1) is 0 Å². The van der Waals surface area contributed by atoms with E-state index in [-0.39, 0.29) is 18.0 Å². The molecule has 1 aromatic carbocycles. The van der Waals surface area contributed by atoms with Crippen LogP contribution in [0.2, 0.25) is 0 Å². The van der Waals surface area contributed by atoms with Gasteiger partial charge in [-0.2, -0.15) is 0 Å². The maximum absolute atomic E-state index is 11.9. The summed E-state index contributed by atoms with van der Waals surface area (Å²) < 4.78 is 23.7. The zero-order valence-corrected chi connectivity index (χ0v) is 11.3. The number of hydrogen-bond acceptors (Lipinski definition) is 5. The van der Waals surface area contributed by atoms with Crippen LogP contribution in [-0.4, -0.2) is 43.1 Å². The van der Waals surface area contributed by atoms with Crippen LogP contribution in [-0.2, 0) is 9.84 Å². The molecule has 0 aromatic heterocycles. The molecule has 0 bridgehead atoms. The summed E-state index contributed by atoms with van der Waals surface area (Å²) in [5, 5.41) is 20.3. The van der Waals surface area contributed by atoms with Gasteiger partial charge in [0.1, 0.15) is 0 Å². The van der Waals surface area contributed by atoms with Crippen LogP contribution in [0.15, 0.2) is 29.2 Å². The number of nitrogens with one attached hydrogen (secondary N) is 1. The minimum atomic E-state index is -3.25. The minimum absolute atomic E-state index is 0.215. The zero-order chi connectivity index (χ0) is 13.8. The second-order valence-electron chi connectivity index (χ2n) is 4.34. The lowest BCUT2D eigenvalue weighted by Gasteiger charge is -2.11. The van der Waals surface area contributed by atoms with Crippen molar-refractivity contribution in [1.29, 1.82) is 0 Å². The molecule has 0 saturated carbocycles. The largest absolute Gasteiger partial charge is 0.394 e. The van der Waals surface area contributed by atoms with Crippen molar-refractivity contribution >= 4 is 15.5 Å². The van der Waals surface area contributed by atoms with Gasteiger partial charge in [0.2, 0.25) is 0 Å². The van der Waals surface area contributed by atoms with E-state index in [4.69, 9.17) is 10.2 Å². The molecular formula is C12H19NO4S. The van der Waals surface area contributed by atoms with Crippen LogP contribution in [0.25, 0.3) is 0 Å². The molecule has 0 spiro atoms. The predicted molar refractivity (Wildman–Crippen MR) is 70.3 cm³/mol. The van der Waals surface area contributed by atoms with Crippen molar-refractivity contribution in [3.05, 3.63) is 24.3 Å². The molecule has 1 unspecified atom stereocenters. The Morgan fingerprint density at radius 3 is 2.22 bits per heavy atom. The Morgan fingerprint density at radius 2 is 1.78 bits per heavy atom. The SMILES string of the molecule is CC(C)S(=O)(=O)c1ccc(NCC(O)CO)cc1. The molecule has 102 valence electrons. The van der Waals surface area contributed by atoms with E-state index in [2.05, 4.69) is 5.32 Å². The third-order valence-electron chi connectivity index (χ3n) is 2.56. The van der Waals surface area contributed by atoms with E-state index in [1.165, 1.54) is 12.1 Å². The predicted octanol–water partition coefficient (Wildman–Crippen LogP) is 0.634. The number of aliphatic hydroxyl groups is 2. The highest BCUT2D eigenvalue weighted by atomic mass is 32.2. The molecule has 0 aliphatic rings. The van der Waals surface area contributed by atoms with Crippen LogP contribution in [0.4, 0.5) is 5.69 Å². The topological polar surface area (TPSA) is 86.6 Å². The number of hydrogen-bond donors (Lipinski definition) is 3. The van der Waals surface area contributed by atoms with E-state index in [1.807, 2.05) is 0 Å². The van der Waals surface area contributed by atoms with Gasteiger partial charge in [0.15, 0.2) is 9.84 Å². The van der Waals surface area contributed by atoms with Crippen molar-refractivity contribution in [3.63, 3.8) is 0 Å². The fraction of sp³-hybridized carbons (Fsp3) is 0.500. The Bertz CT molecular complexity index is 467. The molecular weight excluding hydrogens is 254 g/mol. The van der Waals surface area contributed by atoms with Crippen LogP contribution >= 0.6 is 0 Å². The van der Waals surface area contributed by atoms with Crippen LogP contribution < -0.4 is 5.32 Å². The van der Waals surface area contributed by atoms with Crippen molar-refractivity contribution < 1.29 is 18.6 Å². The summed E-state index contributed by atoms with van der Waals surface area (Å²) in [4.78, 5) is 0.283. The molecule has 1 rings (SSSR count).